The maximum absolute atomic E-state index is 4.86. The van der Waals surface area contributed by atoms with E-state index in [2.05, 4.69) is 51.0 Å². The highest BCUT2D eigenvalue weighted by molar-refractivity contribution is 5.81. The molecule has 1 N–H and O–H groups in total. The Morgan fingerprint density at radius 1 is 1.17 bits per heavy atom. The van der Waals surface area contributed by atoms with Gasteiger partial charge in [0.15, 0.2) is 0 Å². The number of nitrogens with zero attached hydrogens (tertiary/aromatic N) is 4. The first-order chi connectivity index (χ1) is 11.3. The predicted octanol–water partition coefficient (Wildman–Crippen LogP) is 1.54. The molecule has 5 nitrogen and oxygen atoms in total. The molecular formula is C18H27N5. The molecule has 0 spiro atoms. The maximum atomic E-state index is 4.86. The van der Waals surface area contributed by atoms with E-state index < -0.39 is 0 Å². The van der Waals surface area contributed by atoms with E-state index in [-0.39, 0.29) is 0 Å². The molecule has 0 aliphatic carbocycles. The van der Waals surface area contributed by atoms with Crippen molar-refractivity contribution in [2.45, 2.75) is 32.5 Å². The Balaban J connectivity index is 1.46. The Hall–Kier alpha value is -1.43. The molecule has 3 heterocycles. The molecule has 0 saturated carbocycles. The van der Waals surface area contributed by atoms with Crippen LogP contribution in [0.2, 0.25) is 0 Å². The van der Waals surface area contributed by atoms with E-state index in [1.165, 1.54) is 49.2 Å². The van der Waals surface area contributed by atoms with Crippen molar-refractivity contribution < 1.29 is 0 Å². The van der Waals surface area contributed by atoms with Gasteiger partial charge in [-0.15, -0.1) is 0 Å². The van der Waals surface area contributed by atoms with Gasteiger partial charge in [0, 0.05) is 63.8 Å². The molecule has 1 aromatic heterocycles. The van der Waals surface area contributed by atoms with Crippen LogP contribution in [-0.2, 0) is 13.1 Å². The monoisotopic (exact) mass is 313 g/mol. The number of piperazine rings is 1. The molecule has 2 aliphatic heterocycles. The Kier molecular flexibility index (Phi) is 4.33. The number of rotatable bonds is 4. The molecule has 5 heteroatoms. The summed E-state index contributed by atoms with van der Waals surface area (Å²) in [6.07, 6.45) is 1.30. The number of hydrogen-bond acceptors (Lipinski definition) is 4. The number of fused-ring (bicyclic) bond motifs is 1. The van der Waals surface area contributed by atoms with Crippen LogP contribution in [0.5, 0.6) is 0 Å². The van der Waals surface area contributed by atoms with Crippen LogP contribution in [0.1, 0.15) is 19.0 Å². The van der Waals surface area contributed by atoms with Crippen molar-refractivity contribution >= 4 is 10.9 Å². The number of likely N-dealkylation sites (tertiary alicyclic amines) is 1. The summed E-state index contributed by atoms with van der Waals surface area (Å²) in [5, 5.41) is 9.63. The van der Waals surface area contributed by atoms with E-state index in [0.29, 0.717) is 0 Å². The van der Waals surface area contributed by atoms with E-state index in [4.69, 9.17) is 5.10 Å². The average Bonchev–Trinajstić information content (AvgIpc) is 3.21. The van der Waals surface area contributed by atoms with Crippen molar-refractivity contribution in [3.63, 3.8) is 0 Å². The summed E-state index contributed by atoms with van der Waals surface area (Å²) in [6.45, 7) is 11.1. The second-order valence-electron chi connectivity index (χ2n) is 6.74. The van der Waals surface area contributed by atoms with Gasteiger partial charge in [0.1, 0.15) is 0 Å². The molecule has 1 unspecified atom stereocenters. The Morgan fingerprint density at radius 3 is 2.83 bits per heavy atom. The van der Waals surface area contributed by atoms with Crippen LogP contribution in [0, 0.1) is 0 Å². The van der Waals surface area contributed by atoms with Crippen LogP contribution in [0.4, 0.5) is 0 Å². The van der Waals surface area contributed by atoms with E-state index >= 15 is 0 Å². The lowest BCUT2D eigenvalue weighted by molar-refractivity contribution is 0.170. The molecular weight excluding hydrogens is 286 g/mol. The number of aromatic nitrogens is 2. The highest BCUT2D eigenvalue weighted by atomic mass is 15.3. The largest absolute Gasteiger partial charge is 0.314 e. The zero-order chi connectivity index (χ0) is 15.6. The summed E-state index contributed by atoms with van der Waals surface area (Å²) in [5.74, 6) is 0. The molecule has 1 aromatic carbocycles. The van der Waals surface area contributed by atoms with Crippen molar-refractivity contribution in [3.8, 4) is 0 Å². The summed E-state index contributed by atoms with van der Waals surface area (Å²) in [7, 11) is 0. The lowest BCUT2D eigenvalue weighted by atomic mass is 10.2. The molecule has 0 bridgehead atoms. The molecule has 23 heavy (non-hydrogen) atoms. The van der Waals surface area contributed by atoms with Crippen molar-refractivity contribution in [3.05, 3.63) is 30.0 Å². The number of benzene rings is 1. The van der Waals surface area contributed by atoms with Gasteiger partial charge < -0.3 is 5.32 Å². The minimum Gasteiger partial charge on any atom is -0.314 e. The van der Waals surface area contributed by atoms with Gasteiger partial charge in [-0.1, -0.05) is 18.2 Å². The van der Waals surface area contributed by atoms with Gasteiger partial charge in [0.25, 0.3) is 0 Å². The molecule has 2 saturated heterocycles. The Bertz CT molecular complexity index is 658. The SMILES string of the molecule is CCn1nc(CN2CCC(N3CCNCC3)C2)c2ccccc21. The first-order valence-electron chi connectivity index (χ1n) is 8.96. The molecule has 2 aliphatic rings. The minimum atomic E-state index is 0.733. The zero-order valence-corrected chi connectivity index (χ0v) is 14.0. The standard InChI is InChI=1S/C18H27N5/c1-2-23-18-6-4-3-5-16(18)17(20-23)14-21-10-7-15(13-21)22-11-8-19-9-12-22/h3-6,15,19H,2,7-14H2,1H3. The van der Waals surface area contributed by atoms with Gasteiger partial charge in [0.2, 0.25) is 0 Å². The first kappa shape index (κ1) is 15.1. The van der Waals surface area contributed by atoms with Crippen molar-refractivity contribution in [2.75, 3.05) is 39.3 Å². The summed E-state index contributed by atoms with van der Waals surface area (Å²) < 4.78 is 2.13. The number of aryl methyl sites for hydroxylation is 1. The fourth-order valence-electron chi connectivity index (χ4n) is 4.07. The predicted molar refractivity (Wildman–Crippen MR) is 93.5 cm³/mol. The third kappa shape index (κ3) is 3.01. The number of hydrogen-bond donors (Lipinski definition) is 1. The Labute approximate surface area is 138 Å². The fourth-order valence-corrected chi connectivity index (χ4v) is 4.07. The molecule has 124 valence electrons. The van der Waals surface area contributed by atoms with Gasteiger partial charge in [0.05, 0.1) is 11.2 Å². The van der Waals surface area contributed by atoms with E-state index in [1.54, 1.807) is 0 Å². The van der Waals surface area contributed by atoms with E-state index in [9.17, 15) is 0 Å². The van der Waals surface area contributed by atoms with Crippen molar-refractivity contribution in [1.82, 2.24) is 24.9 Å². The second-order valence-corrected chi connectivity index (χ2v) is 6.74. The van der Waals surface area contributed by atoms with Crippen LogP contribution in [-0.4, -0.2) is 64.9 Å². The minimum absolute atomic E-state index is 0.733. The molecule has 1 atom stereocenters. The van der Waals surface area contributed by atoms with Gasteiger partial charge in [-0.2, -0.15) is 5.10 Å². The van der Waals surface area contributed by atoms with Gasteiger partial charge in [-0.25, -0.2) is 0 Å². The summed E-state index contributed by atoms with van der Waals surface area (Å²) in [4.78, 5) is 5.25. The molecule has 0 amide bonds. The van der Waals surface area contributed by atoms with Crippen LogP contribution in [0.15, 0.2) is 24.3 Å². The van der Waals surface area contributed by atoms with Crippen LogP contribution >= 0.6 is 0 Å². The molecule has 4 rings (SSSR count). The third-order valence-electron chi connectivity index (χ3n) is 5.32. The normalized spacial score (nSPS) is 23.8. The van der Waals surface area contributed by atoms with Gasteiger partial charge >= 0.3 is 0 Å². The molecule has 2 aromatic rings. The topological polar surface area (TPSA) is 36.3 Å². The summed E-state index contributed by atoms with van der Waals surface area (Å²) in [6, 6.07) is 9.37. The second kappa shape index (κ2) is 6.59. The maximum Gasteiger partial charge on any atom is 0.0843 e. The molecule has 0 radical (unpaired) electrons. The smallest absolute Gasteiger partial charge is 0.0843 e. The highest BCUT2D eigenvalue weighted by Crippen LogP contribution is 2.23. The fraction of sp³-hybridized carbons (Fsp3) is 0.611. The summed E-state index contributed by atoms with van der Waals surface area (Å²) in [5.41, 5.74) is 2.51. The third-order valence-corrected chi connectivity index (χ3v) is 5.32. The number of para-hydroxylation sites is 1. The summed E-state index contributed by atoms with van der Waals surface area (Å²) >= 11 is 0. The first-order valence-corrected chi connectivity index (χ1v) is 8.96. The van der Waals surface area contributed by atoms with Gasteiger partial charge in [-0.3, -0.25) is 14.5 Å². The zero-order valence-electron chi connectivity index (χ0n) is 14.0. The molecule has 2 fully saturated rings. The lowest BCUT2D eigenvalue weighted by Crippen LogP contribution is -2.49. The van der Waals surface area contributed by atoms with Gasteiger partial charge in [-0.05, 0) is 19.4 Å². The van der Waals surface area contributed by atoms with Crippen LogP contribution in [0.3, 0.4) is 0 Å². The lowest BCUT2D eigenvalue weighted by Gasteiger charge is -2.32. The van der Waals surface area contributed by atoms with Crippen molar-refractivity contribution in [1.29, 1.82) is 0 Å². The van der Waals surface area contributed by atoms with Crippen LogP contribution < -0.4 is 5.32 Å². The quantitative estimate of drug-likeness (QED) is 0.929. The average molecular weight is 313 g/mol. The van der Waals surface area contributed by atoms with Crippen LogP contribution in [0.25, 0.3) is 10.9 Å². The number of nitrogens with one attached hydrogen (secondary N) is 1. The van der Waals surface area contributed by atoms with E-state index in [1.807, 2.05) is 0 Å². The van der Waals surface area contributed by atoms with Crippen molar-refractivity contribution in [2.24, 2.45) is 0 Å². The highest BCUT2D eigenvalue weighted by Gasteiger charge is 2.29. The Morgan fingerprint density at radius 2 is 2.00 bits per heavy atom. The van der Waals surface area contributed by atoms with E-state index in [0.717, 1.165) is 32.2 Å².